The van der Waals surface area contributed by atoms with Crippen LogP contribution >= 0.6 is 0 Å². The first kappa shape index (κ1) is 27.3. The van der Waals surface area contributed by atoms with E-state index in [9.17, 15) is 15.0 Å². The second kappa shape index (κ2) is 12.6. The zero-order valence-electron chi connectivity index (χ0n) is 21.9. The molecule has 0 unspecified atom stereocenters. The van der Waals surface area contributed by atoms with Gasteiger partial charge in [0.25, 0.3) is 0 Å². The third-order valence-electron chi connectivity index (χ3n) is 6.90. The average Bonchev–Trinajstić information content (AvgIpc) is 2.93. The smallest absolute Gasteiger partial charge is 0.306 e. The molecule has 1 aliphatic heterocycles. The third kappa shape index (κ3) is 6.36. The number of phenols is 1. The molecule has 3 heterocycles. The SMILES string of the molecule is CCOc1cnc2ccc(O)cc2c1N(C)C[C@H]1CCCC[C@H]1C(=O)O.NCc1cc2c(cn1)OCCO2. The van der Waals surface area contributed by atoms with Crippen LogP contribution in [0.1, 0.15) is 38.3 Å². The molecule has 1 aromatic carbocycles. The van der Waals surface area contributed by atoms with E-state index in [0.29, 0.717) is 44.4 Å². The van der Waals surface area contributed by atoms with Gasteiger partial charge in [0.15, 0.2) is 17.2 Å². The highest BCUT2D eigenvalue weighted by molar-refractivity contribution is 5.95. The van der Waals surface area contributed by atoms with E-state index in [-0.39, 0.29) is 17.6 Å². The Hall–Kier alpha value is -3.79. The quantitative estimate of drug-likeness (QED) is 0.416. The molecular weight excluding hydrogens is 488 g/mol. The Labute approximate surface area is 222 Å². The summed E-state index contributed by atoms with van der Waals surface area (Å²) >= 11 is 0. The fraction of sp³-hybridized carbons (Fsp3) is 0.464. The molecule has 2 atom stereocenters. The van der Waals surface area contributed by atoms with Crippen molar-refractivity contribution in [3.8, 4) is 23.0 Å². The Morgan fingerprint density at radius 2 is 1.89 bits per heavy atom. The number of anilines is 1. The number of carboxylic acid groups (broad SMARTS) is 1. The van der Waals surface area contributed by atoms with Gasteiger partial charge < -0.3 is 35.1 Å². The molecule has 0 spiro atoms. The normalized spacial score (nSPS) is 18.3. The largest absolute Gasteiger partial charge is 0.508 e. The van der Waals surface area contributed by atoms with Crippen LogP contribution in [0.2, 0.25) is 0 Å². The first-order chi connectivity index (χ1) is 18.4. The second-order valence-corrected chi connectivity index (χ2v) is 9.50. The Balaban J connectivity index is 0.000000232. The first-order valence-corrected chi connectivity index (χ1v) is 13.0. The molecule has 2 aromatic heterocycles. The van der Waals surface area contributed by atoms with Gasteiger partial charge in [-0.2, -0.15) is 0 Å². The van der Waals surface area contributed by atoms with Crippen molar-refractivity contribution in [1.82, 2.24) is 9.97 Å². The van der Waals surface area contributed by atoms with Crippen LogP contribution in [0.25, 0.3) is 10.9 Å². The minimum Gasteiger partial charge on any atom is -0.508 e. The highest BCUT2D eigenvalue weighted by atomic mass is 16.6. The number of pyridine rings is 2. The van der Waals surface area contributed by atoms with Gasteiger partial charge in [0.2, 0.25) is 0 Å². The van der Waals surface area contributed by atoms with Gasteiger partial charge in [-0.3, -0.25) is 14.8 Å². The molecule has 1 fully saturated rings. The summed E-state index contributed by atoms with van der Waals surface area (Å²) in [6, 6.07) is 6.89. The summed E-state index contributed by atoms with van der Waals surface area (Å²) < 4.78 is 16.4. The van der Waals surface area contributed by atoms with Gasteiger partial charge >= 0.3 is 5.97 Å². The number of benzene rings is 1. The molecule has 1 saturated carbocycles. The summed E-state index contributed by atoms with van der Waals surface area (Å²) in [5, 5.41) is 20.3. The van der Waals surface area contributed by atoms with Crippen molar-refractivity contribution >= 4 is 22.6 Å². The van der Waals surface area contributed by atoms with Crippen LogP contribution < -0.4 is 24.8 Å². The minimum absolute atomic E-state index is 0.0984. The Bertz CT molecular complexity index is 1250. The van der Waals surface area contributed by atoms with E-state index in [1.54, 1.807) is 30.6 Å². The number of nitrogens with zero attached hydrogens (tertiary/aromatic N) is 3. The highest BCUT2D eigenvalue weighted by Crippen LogP contribution is 2.38. The zero-order chi connectivity index (χ0) is 27.1. The maximum atomic E-state index is 11.6. The van der Waals surface area contributed by atoms with E-state index in [0.717, 1.165) is 53.7 Å². The van der Waals surface area contributed by atoms with Crippen LogP contribution in [0.15, 0.2) is 36.7 Å². The van der Waals surface area contributed by atoms with Crippen LogP contribution in [0, 0.1) is 11.8 Å². The van der Waals surface area contributed by atoms with Crippen molar-refractivity contribution in [2.45, 2.75) is 39.2 Å². The third-order valence-corrected chi connectivity index (χ3v) is 6.90. The van der Waals surface area contributed by atoms with Crippen molar-refractivity contribution in [2.24, 2.45) is 17.6 Å². The lowest BCUT2D eigenvalue weighted by Gasteiger charge is -2.33. The number of rotatable bonds is 7. The van der Waals surface area contributed by atoms with Crippen molar-refractivity contribution in [2.75, 3.05) is 38.3 Å². The summed E-state index contributed by atoms with van der Waals surface area (Å²) in [5.41, 5.74) is 7.86. The summed E-state index contributed by atoms with van der Waals surface area (Å²) in [5.74, 6) is 1.37. The summed E-state index contributed by atoms with van der Waals surface area (Å²) in [4.78, 5) is 22.2. The van der Waals surface area contributed by atoms with Crippen molar-refractivity contribution in [3.63, 3.8) is 0 Å². The molecule has 10 nitrogen and oxygen atoms in total. The highest BCUT2D eigenvalue weighted by Gasteiger charge is 2.32. The molecule has 204 valence electrons. The molecule has 5 rings (SSSR count). The van der Waals surface area contributed by atoms with Gasteiger partial charge in [0.05, 0.1) is 41.8 Å². The predicted molar refractivity (Wildman–Crippen MR) is 144 cm³/mol. The molecule has 3 aromatic rings. The number of carboxylic acids is 1. The van der Waals surface area contributed by atoms with E-state index < -0.39 is 5.97 Å². The molecule has 10 heteroatoms. The molecule has 0 saturated heterocycles. The minimum atomic E-state index is -0.703. The molecule has 38 heavy (non-hydrogen) atoms. The van der Waals surface area contributed by atoms with Crippen LogP contribution in [0.3, 0.4) is 0 Å². The van der Waals surface area contributed by atoms with Crippen LogP contribution in [0.4, 0.5) is 5.69 Å². The summed E-state index contributed by atoms with van der Waals surface area (Å²) in [6.45, 7) is 4.67. The number of carbonyl (C=O) groups is 1. The van der Waals surface area contributed by atoms with E-state index in [4.69, 9.17) is 19.9 Å². The van der Waals surface area contributed by atoms with Crippen LogP contribution in [0.5, 0.6) is 23.0 Å². The molecule has 4 N–H and O–H groups in total. The number of ether oxygens (including phenoxy) is 3. The molecule has 0 radical (unpaired) electrons. The van der Waals surface area contributed by atoms with Gasteiger partial charge in [-0.05, 0) is 43.9 Å². The van der Waals surface area contributed by atoms with E-state index in [1.165, 1.54) is 0 Å². The van der Waals surface area contributed by atoms with Gasteiger partial charge in [-0.25, -0.2) is 0 Å². The molecular formula is C28H36N4O6. The fourth-order valence-electron chi connectivity index (χ4n) is 5.10. The average molecular weight is 525 g/mol. The second-order valence-electron chi connectivity index (χ2n) is 9.50. The zero-order valence-corrected chi connectivity index (χ0v) is 21.9. The number of fused-ring (bicyclic) bond motifs is 2. The van der Waals surface area contributed by atoms with Gasteiger partial charge in [-0.1, -0.05) is 12.8 Å². The van der Waals surface area contributed by atoms with Crippen LogP contribution in [-0.2, 0) is 11.3 Å². The number of aromatic hydroxyl groups is 1. The number of aliphatic carboxylic acids is 1. The Morgan fingerprint density at radius 3 is 2.63 bits per heavy atom. The van der Waals surface area contributed by atoms with E-state index >= 15 is 0 Å². The maximum absolute atomic E-state index is 11.6. The predicted octanol–water partition coefficient (Wildman–Crippen LogP) is 3.98. The number of aromatic nitrogens is 2. The molecule has 0 bridgehead atoms. The fourth-order valence-corrected chi connectivity index (χ4v) is 5.10. The molecule has 0 amide bonds. The van der Waals surface area contributed by atoms with Crippen molar-refractivity contribution < 1.29 is 29.2 Å². The number of hydrogen-bond donors (Lipinski definition) is 3. The topological polar surface area (TPSA) is 140 Å². The van der Waals surface area contributed by atoms with E-state index in [1.807, 2.05) is 20.0 Å². The number of hydrogen-bond acceptors (Lipinski definition) is 9. The monoisotopic (exact) mass is 524 g/mol. The Kier molecular flexibility index (Phi) is 9.06. The van der Waals surface area contributed by atoms with Gasteiger partial charge in [0, 0.05) is 31.6 Å². The molecule has 1 aliphatic carbocycles. The van der Waals surface area contributed by atoms with Gasteiger partial charge in [0.1, 0.15) is 19.0 Å². The lowest BCUT2D eigenvalue weighted by molar-refractivity contribution is -0.144. The number of phenolic OH excluding ortho intramolecular Hbond substituents is 1. The lowest BCUT2D eigenvalue weighted by atomic mass is 9.79. The van der Waals surface area contributed by atoms with Crippen LogP contribution in [-0.4, -0.2) is 59.6 Å². The Morgan fingerprint density at radius 1 is 1.13 bits per heavy atom. The van der Waals surface area contributed by atoms with Crippen molar-refractivity contribution in [3.05, 3.63) is 42.4 Å². The number of nitrogens with two attached hydrogens (primary N) is 1. The summed E-state index contributed by atoms with van der Waals surface area (Å²) in [7, 11) is 1.95. The summed E-state index contributed by atoms with van der Waals surface area (Å²) in [6.07, 6.45) is 7.05. The van der Waals surface area contributed by atoms with Gasteiger partial charge in [-0.15, -0.1) is 0 Å². The lowest BCUT2D eigenvalue weighted by Crippen LogP contribution is -2.36. The first-order valence-electron chi connectivity index (χ1n) is 13.0. The molecule has 2 aliphatic rings. The standard InChI is InChI=1S/C20H26N2O4.C8H10N2O2/c1-3-26-18-11-21-17-9-8-14(23)10-16(17)19(18)22(2)12-13-6-4-5-7-15(13)20(24)25;9-4-6-3-7-8(5-10-6)12-2-1-11-7/h8-11,13,15,23H,3-7,12H2,1-2H3,(H,24,25);3,5H,1-2,4,9H2/t13-,15-;/m1./s1. The van der Waals surface area contributed by atoms with E-state index in [2.05, 4.69) is 14.9 Å². The maximum Gasteiger partial charge on any atom is 0.306 e. The van der Waals surface area contributed by atoms with Crippen molar-refractivity contribution in [1.29, 1.82) is 0 Å².